The second kappa shape index (κ2) is 12.1. The number of hydrogen-bond acceptors (Lipinski definition) is 5. The van der Waals surface area contributed by atoms with Crippen LogP contribution in [-0.4, -0.2) is 69.0 Å². The minimum absolute atomic E-state index is 0.0313. The summed E-state index contributed by atoms with van der Waals surface area (Å²) >= 11 is 0. The molecule has 2 saturated carbocycles. The Morgan fingerprint density at radius 1 is 1.02 bits per heavy atom. The molecule has 0 bridgehead atoms. The van der Waals surface area contributed by atoms with Crippen LogP contribution in [0.3, 0.4) is 0 Å². The number of carbonyl (C=O) groups excluding carboxylic acids is 2. The molecule has 2 aromatic rings. The van der Waals surface area contributed by atoms with Gasteiger partial charge < -0.3 is 9.47 Å². The molecular formula is C33H49N5O2. The van der Waals surface area contributed by atoms with Crippen molar-refractivity contribution in [3.05, 3.63) is 46.5 Å². The minimum Gasteiger partial charge on any atom is -0.342 e. The van der Waals surface area contributed by atoms with E-state index < -0.39 is 0 Å². The van der Waals surface area contributed by atoms with Crippen molar-refractivity contribution in [2.24, 2.45) is 17.8 Å². The largest absolute Gasteiger partial charge is 0.342 e. The molecule has 40 heavy (non-hydrogen) atoms. The van der Waals surface area contributed by atoms with Gasteiger partial charge in [0.05, 0.1) is 6.54 Å². The fourth-order valence-corrected chi connectivity index (χ4v) is 7.19. The Morgan fingerprint density at radius 3 is 2.35 bits per heavy atom. The van der Waals surface area contributed by atoms with E-state index in [0.717, 1.165) is 41.9 Å². The zero-order valence-electron chi connectivity index (χ0n) is 25.5. The van der Waals surface area contributed by atoms with Gasteiger partial charge in [-0.3, -0.25) is 14.5 Å². The van der Waals surface area contributed by atoms with Gasteiger partial charge in [-0.2, -0.15) is 0 Å². The van der Waals surface area contributed by atoms with Crippen LogP contribution in [0.2, 0.25) is 0 Å². The normalized spacial score (nSPS) is 24.9. The highest BCUT2D eigenvalue weighted by Gasteiger charge is 2.45. The third kappa shape index (κ3) is 6.19. The highest BCUT2D eigenvalue weighted by atomic mass is 16.2. The number of benzene rings is 1. The SMILES string of the molecule is CCN(CC)C(=O)CN1C[C@H](C(=O)Cc2ccc(C)cc2C)[C@@H](c2nnc(C3CC(CC(C)C)C3)n2C2CC2)C1. The summed E-state index contributed by atoms with van der Waals surface area (Å²) in [6.45, 7) is 15.9. The van der Waals surface area contributed by atoms with Gasteiger partial charge in [-0.1, -0.05) is 37.6 Å². The summed E-state index contributed by atoms with van der Waals surface area (Å²) in [5.41, 5.74) is 3.48. The lowest BCUT2D eigenvalue weighted by Crippen LogP contribution is -2.39. The first-order valence-electron chi connectivity index (χ1n) is 15.7. The molecule has 1 aromatic heterocycles. The predicted octanol–water partition coefficient (Wildman–Crippen LogP) is 5.47. The van der Waals surface area contributed by atoms with Crippen LogP contribution >= 0.6 is 0 Å². The molecule has 2 aliphatic carbocycles. The van der Waals surface area contributed by atoms with Crippen LogP contribution in [0.1, 0.15) is 106 Å². The summed E-state index contributed by atoms with van der Waals surface area (Å²) < 4.78 is 2.44. The lowest BCUT2D eigenvalue weighted by atomic mass is 9.71. The van der Waals surface area contributed by atoms with E-state index in [4.69, 9.17) is 10.2 Å². The topological polar surface area (TPSA) is 71.3 Å². The molecule has 0 N–H and O–H groups in total. The van der Waals surface area contributed by atoms with Gasteiger partial charge in [-0.25, -0.2) is 0 Å². The van der Waals surface area contributed by atoms with Crippen molar-refractivity contribution in [2.45, 2.75) is 97.9 Å². The van der Waals surface area contributed by atoms with Crippen LogP contribution in [0.15, 0.2) is 18.2 Å². The minimum atomic E-state index is -0.185. The Kier molecular flexibility index (Phi) is 8.79. The van der Waals surface area contributed by atoms with Crippen LogP contribution in [0.25, 0.3) is 0 Å². The number of rotatable bonds is 12. The van der Waals surface area contributed by atoms with E-state index in [1.54, 1.807) is 0 Å². The van der Waals surface area contributed by atoms with Crippen LogP contribution in [-0.2, 0) is 16.0 Å². The number of likely N-dealkylation sites (tertiary alicyclic amines) is 1. The lowest BCUT2D eigenvalue weighted by Gasteiger charge is -2.36. The standard InChI is InChI=1S/C33H49N5O2/c1-7-37(8-2)31(40)20-36-18-28(30(39)17-25-10-9-22(5)14-23(25)6)29(19-36)33-35-34-32(38(33)27-11-12-27)26-15-24(16-26)13-21(3)4/h9-10,14,21,24,26-29H,7-8,11-13,15-20H2,1-6H3/t24?,26?,28-,29-/m0/s1. The van der Waals surface area contributed by atoms with Gasteiger partial charge in [-0.15, -0.1) is 10.2 Å². The molecule has 3 fully saturated rings. The molecule has 7 nitrogen and oxygen atoms in total. The number of nitrogens with zero attached hydrogens (tertiary/aromatic N) is 5. The first kappa shape index (κ1) is 29.0. The van der Waals surface area contributed by atoms with Crippen molar-refractivity contribution in [3.8, 4) is 0 Å². The summed E-state index contributed by atoms with van der Waals surface area (Å²) in [6.07, 6.45) is 6.44. The number of amides is 1. The first-order valence-corrected chi connectivity index (χ1v) is 15.7. The molecule has 1 saturated heterocycles. The Labute approximate surface area is 240 Å². The quantitative estimate of drug-likeness (QED) is 0.353. The number of Topliss-reactive ketones (excluding diaryl/α,β-unsaturated/α-hetero) is 1. The third-order valence-corrected chi connectivity index (χ3v) is 9.54. The van der Waals surface area contributed by atoms with Crippen LogP contribution in [0.4, 0.5) is 0 Å². The lowest BCUT2D eigenvalue weighted by molar-refractivity contribution is -0.132. The average Bonchev–Trinajstić information content (AvgIpc) is 3.49. The maximum atomic E-state index is 14.0. The zero-order valence-corrected chi connectivity index (χ0v) is 25.5. The van der Waals surface area contributed by atoms with Gasteiger partial charge in [0.2, 0.25) is 5.91 Å². The molecule has 5 rings (SSSR count). The van der Waals surface area contributed by atoms with Gasteiger partial charge in [0.15, 0.2) is 0 Å². The van der Waals surface area contributed by atoms with E-state index in [2.05, 4.69) is 55.4 Å². The predicted molar refractivity (Wildman–Crippen MR) is 158 cm³/mol. The number of aryl methyl sites for hydroxylation is 2. The molecule has 7 heteroatoms. The van der Waals surface area contributed by atoms with Gasteiger partial charge in [-0.05, 0) is 82.8 Å². The maximum absolute atomic E-state index is 14.0. The summed E-state index contributed by atoms with van der Waals surface area (Å²) in [5.74, 6) is 4.32. The molecular weight excluding hydrogens is 498 g/mol. The van der Waals surface area contributed by atoms with Crippen molar-refractivity contribution in [2.75, 3.05) is 32.7 Å². The molecule has 0 spiro atoms. The van der Waals surface area contributed by atoms with Crippen molar-refractivity contribution < 1.29 is 9.59 Å². The zero-order chi connectivity index (χ0) is 28.6. The average molecular weight is 548 g/mol. The Balaban J connectivity index is 1.40. The van der Waals surface area contributed by atoms with Crippen molar-refractivity contribution >= 4 is 11.7 Å². The highest BCUT2D eigenvalue weighted by Crippen LogP contribution is 2.48. The number of carbonyl (C=O) groups is 2. The summed E-state index contributed by atoms with van der Waals surface area (Å²) in [7, 11) is 0. The van der Waals surface area contributed by atoms with E-state index in [1.807, 2.05) is 18.7 Å². The number of hydrogen-bond donors (Lipinski definition) is 0. The van der Waals surface area contributed by atoms with Crippen LogP contribution < -0.4 is 0 Å². The summed E-state index contributed by atoms with van der Waals surface area (Å²) in [6, 6.07) is 6.82. The first-order chi connectivity index (χ1) is 19.2. The second-order valence-electron chi connectivity index (χ2n) is 13.2. The molecule has 1 aliphatic heterocycles. The van der Waals surface area contributed by atoms with Crippen molar-refractivity contribution in [1.82, 2.24) is 24.6 Å². The molecule has 1 aromatic carbocycles. The van der Waals surface area contributed by atoms with Gasteiger partial charge in [0.25, 0.3) is 0 Å². The van der Waals surface area contributed by atoms with E-state index in [9.17, 15) is 9.59 Å². The molecule has 3 aliphatic rings. The van der Waals surface area contributed by atoms with E-state index >= 15 is 0 Å². The Hall–Kier alpha value is -2.54. The number of aromatic nitrogens is 3. The molecule has 1 amide bonds. The third-order valence-electron chi connectivity index (χ3n) is 9.54. The summed E-state index contributed by atoms with van der Waals surface area (Å²) in [4.78, 5) is 31.1. The summed E-state index contributed by atoms with van der Waals surface area (Å²) in [5, 5.41) is 9.64. The van der Waals surface area contributed by atoms with E-state index in [1.165, 1.54) is 30.4 Å². The van der Waals surface area contributed by atoms with E-state index in [0.29, 0.717) is 51.1 Å². The highest BCUT2D eigenvalue weighted by molar-refractivity contribution is 5.85. The number of likely N-dealkylation sites (N-methyl/N-ethyl adjacent to an activating group) is 1. The molecule has 2 atom stereocenters. The van der Waals surface area contributed by atoms with E-state index in [-0.39, 0.29) is 23.5 Å². The van der Waals surface area contributed by atoms with Gasteiger partial charge in [0.1, 0.15) is 17.4 Å². The maximum Gasteiger partial charge on any atom is 0.236 e. The Morgan fingerprint density at radius 2 is 1.73 bits per heavy atom. The second-order valence-corrected chi connectivity index (χ2v) is 13.2. The fraction of sp³-hybridized carbons (Fsp3) is 0.697. The Bertz CT molecular complexity index is 1210. The molecule has 0 unspecified atom stereocenters. The van der Waals surface area contributed by atoms with Crippen molar-refractivity contribution in [3.63, 3.8) is 0 Å². The van der Waals surface area contributed by atoms with Gasteiger partial charge in [0, 0.05) is 56.4 Å². The van der Waals surface area contributed by atoms with Gasteiger partial charge >= 0.3 is 0 Å². The smallest absolute Gasteiger partial charge is 0.236 e. The molecule has 0 radical (unpaired) electrons. The molecule has 218 valence electrons. The van der Waals surface area contributed by atoms with Crippen molar-refractivity contribution in [1.29, 1.82) is 0 Å². The molecule has 2 heterocycles. The van der Waals surface area contributed by atoms with Crippen LogP contribution in [0.5, 0.6) is 0 Å². The number of ketones is 1. The monoisotopic (exact) mass is 547 g/mol. The van der Waals surface area contributed by atoms with Crippen LogP contribution in [0, 0.1) is 31.6 Å². The fourth-order valence-electron chi connectivity index (χ4n) is 7.19.